The van der Waals surface area contributed by atoms with Crippen molar-refractivity contribution in [3.8, 4) is 0 Å². The molecule has 2 atom stereocenters. The Morgan fingerprint density at radius 1 is 1.55 bits per heavy atom. The maximum absolute atomic E-state index is 9.00. The van der Waals surface area contributed by atoms with Gasteiger partial charge >= 0.3 is 0 Å². The Balaban J connectivity index is 2.31. The lowest BCUT2D eigenvalue weighted by Gasteiger charge is -2.20. The van der Waals surface area contributed by atoms with Crippen LogP contribution in [0.25, 0.3) is 0 Å². The summed E-state index contributed by atoms with van der Waals surface area (Å²) in [6.07, 6.45) is 0. The number of aliphatic hydroxyl groups excluding tert-OH is 1. The van der Waals surface area contributed by atoms with Gasteiger partial charge in [0.05, 0.1) is 0 Å². The molecule has 1 saturated heterocycles. The second kappa shape index (κ2) is 4.33. The summed E-state index contributed by atoms with van der Waals surface area (Å²) in [5.74, 6) is 2.74. The van der Waals surface area contributed by atoms with Crippen LogP contribution < -0.4 is 5.32 Å². The van der Waals surface area contributed by atoms with E-state index >= 15 is 0 Å². The van der Waals surface area contributed by atoms with Crippen molar-refractivity contribution in [3.63, 3.8) is 0 Å². The molecule has 0 aromatic carbocycles. The third-order valence-corrected chi connectivity index (χ3v) is 3.24. The van der Waals surface area contributed by atoms with Crippen LogP contribution in [0.4, 0.5) is 0 Å². The zero-order valence-electron chi connectivity index (χ0n) is 7.21. The van der Waals surface area contributed by atoms with E-state index in [-0.39, 0.29) is 0 Å². The lowest BCUT2D eigenvalue weighted by Crippen LogP contribution is -2.40. The summed E-state index contributed by atoms with van der Waals surface area (Å²) in [6.45, 7) is 4.63. The first-order chi connectivity index (χ1) is 5.24. The van der Waals surface area contributed by atoms with Gasteiger partial charge in [-0.1, -0.05) is 13.8 Å². The first-order valence-corrected chi connectivity index (χ1v) is 5.34. The van der Waals surface area contributed by atoms with Crippen LogP contribution in [0, 0.1) is 5.92 Å². The van der Waals surface area contributed by atoms with Crippen molar-refractivity contribution < 1.29 is 5.11 Å². The van der Waals surface area contributed by atoms with E-state index in [0.717, 1.165) is 11.5 Å². The van der Waals surface area contributed by atoms with Gasteiger partial charge in [0, 0.05) is 30.4 Å². The molecule has 0 spiro atoms. The van der Waals surface area contributed by atoms with E-state index in [2.05, 4.69) is 19.2 Å². The van der Waals surface area contributed by atoms with E-state index in [4.69, 9.17) is 5.11 Å². The summed E-state index contributed by atoms with van der Waals surface area (Å²) >= 11 is 1.93. The minimum atomic E-state index is 0.331. The van der Waals surface area contributed by atoms with Gasteiger partial charge in [-0.25, -0.2) is 0 Å². The van der Waals surface area contributed by atoms with Crippen LogP contribution in [0.5, 0.6) is 0 Å². The number of hydrogen-bond donors (Lipinski definition) is 2. The van der Waals surface area contributed by atoms with Crippen LogP contribution in [0.3, 0.4) is 0 Å². The van der Waals surface area contributed by atoms with E-state index in [1.54, 1.807) is 0 Å². The zero-order valence-corrected chi connectivity index (χ0v) is 8.03. The third kappa shape index (κ3) is 2.65. The molecule has 0 aromatic heterocycles. The Hall–Kier alpha value is 0.270. The molecule has 1 aliphatic rings. The highest BCUT2D eigenvalue weighted by Gasteiger charge is 2.26. The molecule has 0 amide bonds. The van der Waals surface area contributed by atoms with Crippen molar-refractivity contribution in [1.29, 1.82) is 0 Å². The fourth-order valence-electron chi connectivity index (χ4n) is 1.39. The first kappa shape index (κ1) is 9.36. The maximum Gasteiger partial charge on any atom is 0.0482 e. The molecule has 3 heteroatoms. The molecule has 0 radical (unpaired) electrons. The quantitative estimate of drug-likeness (QED) is 0.662. The van der Waals surface area contributed by atoms with Gasteiger partial charge in [0.25, 0.3) is 0 Å². The zero-order chi connectivity index (χ0) is 8.27. The number of thioether (sulfide) groups is 1. The molecule has 1 fully saturated rings. The van der Waals surface area contributed by atoms with Gasteiger partial charge in [0.2, 0.25) is 0 Å². The molecule has 0 aliphatic carbocycles. The summed E-state index contributed by atoms with van der Waals surface area (Å²) in [7, 11) is 0. The fraction of sp³-hybridized carbons (Fsp3) is 1.00. The minimum Gasteiger partial charge on any atom is -0.396 e. The molecule has 0 bridgehead atoms. The molecule has 2 N–H and O–H groups in total. The lowest BCUT2D eigenvalue weighted by molar-refractivity contribution is 0.213. The predicted octanol–water partition coefficient (Wildman–Crippen LogP) is 0.708. The SMILES string of the molecule is CC(C)NC1CSCC1CO. The van der Waals surface area contributed by atoms with E-state index in [0.29, 0.717) is 24.6 Å². The highest BCUT2D eigenvalue weighted by molar-refractivity contribution is 7.99. The van der Waals surface area contributed by atoms with Gasteiger partial charge in [-0.05, 0) is 5.75 Å². The van der Waals surface area contributed by atoms with Gasteiger partial charge in [0.15, 0.2) is 0 Å². The number of nitrogens with one attached hydrogen (secondary N) is 1. The molecule has 1 rings (SSSR count). The van der Waals surface area contributed by atoms with Crippen LogP contribution in [0.2, 0.25) is 0 Å². The molecule has 0 aromatic rings. The van der Waals surface area contributed by atoms with Gasteiger partial charge in [-0.15, -0.1) is 0 Å². The molecule has 2 nitrogen and oxygen atoms in total. The van der Waals surface area contributed by atoms with Crippen molar-refractivity contribution in [3.05, 3.63) is 0 Å². The van der Waals surface area contributed by atoms with Gasteiger partial charge < -0.3 is 10.4 Å². The Morgan fingerprint density at radius 2 is 2.27 bits per heavy atom. The summed E-state index contributed by atoms with van der Waals surface area (Å²) in [5.41, 5.74) is 0. The molecule has 1 heterocycles. The van der Waals surface area contributed by atoms with Crippen LogP contribution in [-0.4, -0.2) is 35.3 Å². The monoisotopic (exact) mass is 175 g/mol. The summed E-state index contributed by atoms with van der Waals surface area (Å²) < 4.78 is 0. The molecule has 66 valence electrons. The first-order valence-electron chi connectivity index (χ1n) is 4.18. The van der Waals surface area contributed by atoms with Crippen LogP contribution >= 0.6 is 11.8 Å². The van der Waals surface area contributed by atoms with Gasteiger partial charge in [-0.2, -0.15) is 11.8 Å². The standard InChI is InChI=1S/C8H17NOS/c1-6(2)9-8-5-11-4-7(8)3-10/h6-10H,3-5H2,1-2H3. The number of hydrogen-bond acceptors (Lipinski definition) is 3. The summed E-state index contributed by atoms with van der Waals surface area (Å²) in [4.78, 5) is 0. The fourth-order valence-corrected chi connectivity index (χ4v) is 2.79. The van der Waals surface area contributed by atoms with Crippen molar-refractivity contribution in [2.75, 3.05) is 18.1 Å². The predicted molar refractivity (Wildman–Crippen MR) is 50.0 cm³/mol. The van der Waals surface area contributed by atoms with Gasteiger partial charge in [-0.3, -0.25) is 0 Å². The third-order valence-electron chi connectivity index (χ3n) is 1.98. The Morgan fingerprint density at radius 3 is 2.82 bits per heavy atom. The van der Waals surface area contributed by atoms with Crippen molar-refractivity contribution in [2.45, 2.75) is 25.9 Å². The Kier molecular flexibility index (Phi) is 3.69. The van der Waals surface area contributed by atoms with E-state index in [1.807, 2.05) is 11.8 Å². The Labute approximate surface area is 72.8 Å². The second-order valence-corrected chi connectivity index (χ2v) is 4.48. The largest absolute Gasteiger partial charge is 0.396 e. The average molecular weight is 175 g/mol. The summed E-state index contributed by atoms with van der Waals surface area (Å²) in [6, 6.07) is 1.07. The topological polar surface area (TPSA) is 32.3 Å². The van der Waals surface area contributed by atoms with Crippen LogP contribution in [-0.2, 0) is 0 Å². The molecule has 11 heavy (non-hydrogen) atoms. The van der Waals surface area contributed by atoms with E-state index < -0.39 is 0 Å². The van der Waals surface area contributed by atoms with Crippen LogP contribution in [0.1, 0.15) is 13.8 Å². The maximum atomic E-state index is 9.00. The van der Waals surface area contributed by atoms with Crippen LogP contribution in [0.15, 0.2) is 0 Å². The highest BCUT2D eigenvalue weighted by Crippen LogP contribution is 2.23. The normalized spacial score (nSPS) is 31.6. The molecular formula is C8H17NOS. The van der Waals surface area contributed by atoms with E-state index in [1.165, 1.54) is 0 Å². The average Bonchev–Trinajstić information content (AvgIpc) is 2.34. The smallest absolute Gasteiger partial charge is 0.0482 e. The van der Waals surface area contributed by atoms with Crippen molar-refractivity contribution in [2.24, 2.45) is 5.92 Å². The van der Waals surface area contributed by atoms with E-state index in [9.17, 15) is 0 Å². The second-order valence-electron chi connectivity index (χ2n) is 3.41. The number of rotatable bonds is 3. The van der Waals surface area contributed by atoms with Crippen molar-refractivity contribution >= 4 is 11.8 Å². The summed E-state index contributed by atoms with van der Waals surface area (Å²) in [5, 5.41) is 12.5. The Bertz CT molecular complexity index is 119. The van der Waals surface area contributed by atoms with Gasteiger partial charge in [0.1, 0.15) is 0 Å². The lowest BCUT2D eigenvalue weighted by atomic mass is 10.0. The molecular weight excluding hydrogens is 158 g/mol. The van der Waals surface area contributed by atoms with Crippen molar-refractivity contribution in [1.82, 2.24) is 5.32 Å². The molecule has 0 saturated carbocycles. The molecule has 2 unspecified atom stereocenters. The molecule has 1 aliphatic heterocycles. The minimum absolute atomic E-state index is 0.331. The highest BCUT2D eigenvalue weighted by atomic mass is 32.2. The number of aliphatic hydroxyl groups is 1.